The zero-order valence-electron chi connectivity index (χ0n) is 19.6. The van der Waals surface area contributed by atoms with E-state index in [2.05, 4.69) is 51.3 Å². The number of benzene rings is 2. The molecule has 0 radical (unpaired) electrons. The SMILES string of the molecule is CCN1C(=CC(=O)C=C2N(CC)c3ccc(Cl)cc3C2(C)C)C(C)(C)c2cc(Cl)ccc21. The molecule has 2 aromatic rings. The second-order valence-electron chi connectivity index (χ2n) is 9.52. The van der Waals surface area contributed by atoms with Gasteiger partial charge in [-0.05, 0) is 61.4 Å². The highest BCUT2D eigenvalue weighted by Crippen LogP contribution is 2.50. The summed E-state index contributed by atoms with van der Waals surface area (Å²) < 4.78 is 0. The van der Waals surface area contributed by atoms with E-state index in [1.807, 2.05) is 36.4 Å². The van der Waals surface area contributed by atoms with Gasteiger partial charge in [0.05, 0.1) is 0 Å². The standard InChI is InChI=1S/C27H30Cl2N2O/c1-7-30-22-11-9-17(28)13-20(22)26(3,4)24(30)15-19(32)16-25-27(5,6)21-14-18(29)10-12-23(21)31(25)8-2/h9-16H,7-8H2,1-6H3. The molecule has 0 saturated heterocycles. The molecule has 2 heterocycles. The first-order chi connectivity index (χ1) is 15.0. The van der Waals surface area contributed by atoms with Crippen molar-refractivity contribution >= 4 is 40.4 Å². The Morgan fingerprint density at radius 1 is 0.781 bits per heavy atom. The van der Waals surface area contributed by atoms with Crippen molar-refractivity contribution in [2.24, 2.45) is 0 Å². The first-order valence-electron chi connectivity index (χ1n) is 11.2. The van der Waals surface area contributed by atoms with E-state index in [-0.39, 0.29) is 16.6 Å². The number of allylic oxidation sites excluding steroid dienone is 4. The molecule has 0 aliphatic carbocycles. The van der Waals surface area contributed by atoms with Crippen LogP contribution in [0.2, 0.25) is 10.0 Å². The van der Waals surface area contributed by atoms with Crippen molar-refractivity contribution in [1.82, 2.24) is 0 Å². The number of hydrogen-bond acceptors (Lipinski definition) is 3. The summed E-state index contributed by atoms with van der Waals surface area (Å²) in [5.74, 6) is -0.00847. The molecule has 0 fully saturated rings. The van der Waals surface area contributed by atoms with Crippen molar-refractivity contribution in [2.75, 3.05) is 22.9 Å². The minimum absolute atomic E-state index is 0.00847. The van der Waals surface area contributed by atoms with Gasteiger partial charge in [0.15, 0.2) is 5.78 Å². The molecular weight excluding hydrogens is 439 g/mol. The molecule has 0 spiro atoms. The highest BCUT2D eigenvalue weighted by molar-refractivity contribution is 6.31. The quantitative estimate of drug-likeness (QED) is 0.440. The van der Waals surface area contributed by atoms with Crippen molar-refractivity contribution in [3.8, 4) is 0 Å². The smallest absolute Gasteiger partial charge is 0.182 e. The Morgan fingerprint density at radius 3 is 1.50 bits per heavy atom. The van der Waals surface area contributed by atoms with Crippen LogP contribution < -0.4 is 9.80 Å². The molecule has 0 unspecified atom stereocenters. The molecular formula is C27H30Cl2N2O. The molecule has 2 aromatic carbocycles. The third kappa shape index (κ3) is 3.47. The van der Waals surface area contributed by atoms with Crippen molar-refractivity contribution in [1.29, 1.82) is 0 Å². The fraction of sp³-hybridized carbons (Fsp3) is 0.370. The molecule has 0 atom stereocenters. The van der Waals surface area contributed by atoms with Gasteiger partial charge < -0.3 is 9.80 Å². The number of nitrogens with zero attached hydrogens (tertiary/aromatic N) is 2. The maximum Gasteiger partial charge on any atom is 0.182 e. The second-order valence-corrected chi connectivity index (χ2v) is 10.4. The summed E-state index contributed by atoms with van der Waals surface area (Å²) in [5.41, 5.74) is 5.91. The molecule has 0 aromatic heterocycles. The second kappa shape index (κ2) is 7.97. The molecule has 4 rings (SSSR count). The van der Waals surface area contributed by atoms with E-state index in [9.17, 15) is 4.79 Å². The van der Waals surface area contributed by atoms with Gasteiger partial charge in [-0.1, -0.05) is 50.9 Å². The zero-order valence-corrected chi connectivity index (χ0v) is 21.1. The molecule has 0 bridgehead atoms. The number of carbonyl (C=O) groups is 1. The largest absolute Gasteiger partial charge is 0.344 e. The number of hydrogen-bond donors (Lipinski definition) is 0. The van der Waals surface area contributed by atoms with E-state index < -0.39 is 0 Å². The van der Waals surface area contributed by atoms with Crippen molar-refractivity contribution in [3.63, 3.8) is 0 Å². The number of ketones is 1. The van der Waals surface area contributed by atoms with E-state index in [1.165, 1.54) is 0 Å². The van der Waals surface area contributed by atoms with Crippen LogP contribution in [0.4, 0.5) is 11.4 Å². The number of halogens is 2. The average molecular weight is 469 g/mol. The lowest BCUT2D eigenvalue weighted by molar-refractivity contribution is -0.110. The van der Waals surface area contributed by atoms with Crippen molar-refractivity contribution in [3.05, 3.63) is 81.1 Å². The molecule has 168 valence electrons. The van der Waals surface area contributed by atoms with E-state index >= 15 is 0 Å². The van der Waals surface area contributed by atoms with Crippen LogP contribution >= 0.6 is 23.2 Å². The summed E-state index contributed by atoms with van der Waals surface area (Å²) in [6, 6.07) is 12.0. The van der Waals surface area contributed by atoms with Crippen LogP contribution in [-0.2, 0) is 15.6 Å². The molecule has 3 nitrogen and oxygen atoms in total. The van der Waals surface area contributed by atoms with Crippen LogP contribution in [0.25, 0.3) is 0 Å². The Morgan fingerprint density at radius 2 is 1.16 bits per heavy atom. The summed E-state index contributed by atoms with van der Waals surface area (Å²) in [4.78, 5) is 17.9. The van der Waals surface area contributed by atoms with Gasteiger partial charge in [0, 0.05) is 68.9 Å². The molecule has 0 saturated carbocycles. The highest BCUT2D eigenvalue weighted by Gasteiger charge is 2.42. The number of fused-ring (bicyclic) bond motifs is 2. The highest BCUT2D eigenvalue weighted by atomic mass is 35.5. The summed E-state index contributed by atoms with van der Waals surface area (Å²) in [6.45, 7) is 14.4. The normalized spacial score (nSPS) is 20.8. The number of carbonyl (C=O) groups excluding carboxylic acids is 1. The Hall–Kier alpha value is -2.23. The fourth-order valence-corrected chi connectivity index (χ4v) is 5.55. The van der Waals surface area contributed by atoms with Crippen LogP contribution in [0.5, 0.6) is 0 Å². The van der Waals surface area contributed by atoms with Gasteiger partial charge in [0.25, 0.3) is 0 Å². The van der Waals surface area contributed by atoms with E-state index in [0.717, 1.165) is 47.0 Å². The van der Waals surface area contributed by atoms with E-state index in [1.54, 1.807) is 12.2 Å². The summed E-state index contributed by atoms with van der Waals surface area (Å²) in [5, 5.41) is 1.43. The molecule has 0 amide bonds. The molecule has 2 aliphatic rings. The van der Waals surface area contributed by atoms with Gasteiger partial charge in [0.1, 0.15) is 0 Å². The third-order valence-corrected chi connectivity index (χ3v) is 7.37. The van der Waals surface area contributed by atoms with Crippen LogP contribution in [0.3, 0.4) is 0 Å². The van der Waals surface area contributed by atoms with Gasteiger partial charge in [-0.3, -0.25) is 4.79 Å². The first-order valence-corrected chi connectivity index (χ1v) is 11.9. The Kier molecular flexibility index (Phi) is 5.71. The Balaban J connectivity index is 1.77. The lowest BCUT2D eigenvalue weighted by atomic mass is 9.82. The molecule has 32 heavy (non-hydrogen) atoms. The van der Waals surface area contributed by atoms with E-state index in [4.69, 9.17) is 23.2 Å². The van der Waals surface area contributed by atoms with Gasteiger partial charge in [-0.15, -0.1) is 0 Å². The van der Waals surface area contributed by atoms with Gasteiger partial charge in [-0.2, -0.15) is 0 Å². The number of likely N-dealkylation sites (N-methyl/N-ethyl adjacent to an activating group) is 2. The third-order valence-electron chi connectivity index (χ3n) is 6.90. The molecule has 5 heteroatoms. The summed E-state index contributed by atoms with van der Waals surface area (Å²) in [6.07, 6.45) is 3.59. The first kappa shape index (κ1) is 22.9. The van der Waals surface area contributed by atoms with Gasteiger partial charge >= 0.3 is 0 Å². The monoisotopic (exact) mass is 468 g/mol. The maximum atomic E-state index is 13.4. The maximum absolute atomic E-state index is 13.4. The van der Waals surface area contributed by atoms with Gasteiger partial charge in [0.2, 0.25) is 0 Å². The summed E-state index contributed by atoms with van der Waals surface area (Å²) in [7, 11) is 0. The Labute approximate surface area is 201 Å². The fourth-order valence-electron chi connectivity index (χ4n) is 5.21. The van der Waals surface area contributed by atoms with Crippen LogP contribution in [0, 0.1) is 0 Å². The van der Waals surface area contributed by atoms with Gasteiger partial charge in [-0.25, -0.2) is 0 Å². The minimum atomic E-state index is -0.309. The van der Waals surface area contributed by atoms with E-state index in [0.29, 0.717) is 10.0 Å². The number of anilines is 2. The van der Waals surface area contributed by atoms with Crippen molar-refractivity contribution < 1.29 is 4.79 Å². The van der Waals surface area contributed by atoms with Crippen molar-refractivity contribution in [2.45, 2.75) is 52.4 Å². The minimum Gasteiger partial charge on any atom is -0.344 e. The zero-order chi connectivity index (χ0) is 23.4. The lowest BCUT2D eigenvalue weighted by Crippen LogP contribution is -2.28. The van der Waals surface area contributed by atoms with Crippen LogP contribution in [0.15, 0.2) is 59.9 Å². The average Bonchev–Trinajstić information content (AvgIpc) is 3.06. The lowest BCUT2D eigenvalue weighted by Gasteiger charge is -2.27. The van der Waals surface area contributed by atoms with Crippen LogP contribution in [0.1, 0.15) is 52.7 Å². The summed E-state index contributed by atoms with van der Waals surface area (Å²) >= 11 is 12.6. The predicted molar refractivity (Wildman–Crippen MR) is 136 cm³/mol. The van der Waals surface area contributed by atoms with Crippen LogP contribution in [-0.4, -0.2) is 18.9 Å². The predicted octanol–water partition coefficient (Wildman–Crippen LogP) is 7.27. The molecule has 2 aliphatic heterocycles. The number of rotatable bonds is 4. The molecule has 0 N–H and O–H groups in total. The topological polar surface area (TPSA) is 23.6 Å². The Bertz CT molecular complexity index is 1070.